The minimum atomic E-state index is -0.491. The highest BCUT2D eigenvalue weighted by atomic mass is 79.9. The standard InChI is InChI=1S/C16H11BrN2O2/c17-13-6-4-5-12(9-13)15-10-19(11-18-15)16(20)21-14-7-2-1-3-8-14/h1-11H. The number of carbonyl (C=O) groups is 1. The molecule has 4 nitrogen and oxygen atoms in total. The van der Waals surface area contributed by atoms with Crippen molar-refractivity contribution in [3.05, 3.63) is 71.6 Å². The molecule has 0 saturated carbocycles. The predicted molar refractivity (Wildman–Crippen MR) is 83.2 cm³/mol. The van der Waals surface area contributed by atoms with Gasteiger partial charge in [0, 0.05) is 16.2 Å². The molecular formula is C16H11BrN2O2. The van der Waals surface area contributed by atoms with Crippen LogP contribution in [0.5, 0.6) is 5.75 Å². The molecule has 0 saturated heterocycles. The van der Waals surface area contributed by atoms with Crippen LogP contribution in [0.4, 0.5) is 4.79 Å². The van der Waals surface area contributed by atoms with Crippen molar-refractivity contribution in [2.75, 3.05) is 0 Å². The maximum atomic E-state index is 12.0. The van der Waals surface area contributed by atoms with Crippen LogP contribution in [-0.4, -0.2) is 15.6 Å². The van der Waals surface area contributed by atoms with E-state index in [2.05, 4.69) is 20.9 Å². The molecule has 5 heteroatoms. The molecule has 3 aromatic rings. The van der Waals surface area contributed by atoms with Gasteiger partial charge in [0.25, 0.3) is 0 Å². The van der Waals surface area contributed by atoms with Crippen LogP contribution in [0.15, 0.2) is 71.6 Å². The van der Waals surface area contributed by atoms with Crippen molar-refractivity contribution in [1.29, 1.82) is 0 Å². The average Bonchev–Trinajstić information content (AvgIpc) is 2.98. The van der Waals surface area contributed by atoms with Crippen molar-refractivity contribution in [1.82, 2.24) is 9.55 Å². The van der Waals surface area contributed by atoms with Crippen molar-refractivity contribution in [2.45, 2.75) is 0 Å². The first-order chi connectivity index (χ1) is 10.2. The molecule has 0 atom stereocenters. The van der Waals surface area contributed by atoms with Gasteiger partial charge in [-0.2, -0.15) is 0 Å². The summed E-state index contributed by atoms with van der Waals surface area (Å²) in [5.74, 6) is 0.500. The number of imidazole rings is 1. The Balaban J connectivity index is 1.80. The molecular weight excluding hydrogens is 332 g/mol. The monoisotopic (exact) mass is 342 g/mol. The van der Waals surface area contributed by atoms with Crippen molar-refractivity contribution < 1.29 is 9.53 Å². The molecule has 0 bridgehead atoms. The third kappa shape index (κ3) is 3.20. The quantitative estimate of drug-likeness (QED) is 0.694. The summed E-state index contributed by atoms with van der Waals surface area (Å²) in [5, 5.41) is 0. The van der Waals surface area contributed by atoms with E-state index in [0.29, 0.717) is 11.4 Å². The van der Waals surface area contributed by atoms with Crippen molar-refractivity contribution >= 4 is 22.0 Å². The van der Waals surface area contributed by atoms with Crippen LogP contribution in [-0.2, 0) is 0 Å². The van der Waals surface area contributed by atoms with Crippen LogP contribution >= 0.6 is 15.9 Å². The zero-order valence-electron chi connectivity index (χ0n) is 10.9. The Kier molecular flexibility index (Phi) is 3.83. The summed E-state index contributed by atoms with van der Waals surface area (Å²) in [7, 11) is 0. The molecule has 0 aliphatic carbocycles. The molecule has 0 aliphatic rings. The van der Waals surface area contributed by atoms with E-state index in [1.54, 1.807) is 18.3 Å². The third-order valence-corrected chi connectivity index (χ3v) is 3.36. The van der Waals surface area contributed by atoms with Gasteiger partial charge in [-0.15, -0.1) is 0 Å². The van der Waals surface area contributed by atoms with E-state index < -0.39 is 6.09 Å². The summed E-state index contributed by atoms with van der Waals surface area (Å²) in [6.07, 6.45) is 2.60. The Morgan fingerprint density at radius 2 is 1.90 bits per heavy atom. The summed E-state index contributed by atoms with van der Waals surface area (Å²) in [6.45, 7) is 0. The Morgan fingerprint density at radius 3 is 2.67 bits per heavy atom. The van der Waals surface area contributed by atoms with E-state index >= 15 is 0 Å². The fourth-order valence-corrected chi connectivity index (χ4v) is 2.26. The number of para-hydroxylation sites is 1. The Labute approximate surface area is 130 Å². The average molecular weight is 343 g/mol. The lowest BCUT2D eigenvalue weighted by molar-refractivity contribution is 0.202. The molecule has 21 heavy (non-hydrogen) atoms. The lowest BCUT2D eigenvalue weighted by atomic mass is 10.2. The van der Waals surface area contributed by atoms with Gasteiger partial charge in [-0.1, -0.05) is 46.3 Å². The summed E-state index contributed by atoms with van der Waals surface area (Å²) >= 11 is 3.41. The summed E-state index contributed by atoms with van der Waals surface area (Å²) in [5.41, 5.74) is 1.64. The third-order valence-electron chi connectivity index (χ3n) is 2.86. The van der Waals surface area contributed by atoms with Crippen LogP contribution in [0.1, 0.15) is 0 Å². The van der Waals surface area contributed by atoms with Gasteiger partial charge in [0.2, 0.25) is 0 Å². The molecule has 0 spiro atoms. The van der Waals surface area contributed by atoms with Gasteiger partial charge in [-0.25, -0.2) is 14.3 Å². The second-order valence-electron chi connectivity index (χ2n) is 4.36. The molecule has 3 rings (SSSR count). The molecule has 0 aliphatic heterocycles. The Morgan fingerprint density at radius 1 is 1.10 bits per heavy atom. The van der Waals surface area contributed by atoms with Crippen molar-refractivity contribution in [2.24, 2.45) is 0 Å². The lowest BCUT2D eigenvalue weighted by Gasteiger charge is -2.03. The maximum absolute atomic E-state index is 12.0. The van der Waals surface area contributed by atoms with Crippen molar-refractivity contribution in [3.8, 4) is 17.0 Å². The molecule has 2 aromatic carbocycles. The second-order valence-corrected chi connectivity index (χ2v) is 5.27. The first-order valence-electron chi connectivity index (χ1n) is 6.29. The molecule has 0 fully saturated rings. The minimum Gasteiger partial charge on any atom is -0.410 e. The SMILES string of the molecule is O=C(Oc1ccccc1)n1cnc(-c2cccc(Br)c2)c1. The summed E-state index contributed by atoms with van der Waals surface area (Å²) in [4.78, 5) is 16.2. The van der Waals surface area contributed by atoms with Gasteiger partial charge in [0.1, 0.15) is 12.1 Å². The minimum absolute atomic E-state index is 0.491. The van der Waals surface area contributed by atoms with E-state index in [0.717, 1.165) is 10.0 Å². The van der Waals surface area contributed by atoms with Gasteiger partial charge in [-0.3, -0.25) is 0 Å². The first kappa shape index (κ1) is 13.6. The summed E-state index contributed by atoms with van der Waals surface area (Å²) < 4.78 is 7.53. The number of nitrogens with zero attached hydrogens (tertiary/aromatic N) is 2. The highest BCUT2D eigenvalue weighted by Crippen LogP contribution is 2.21. The van der Waals surface area contributed by atoms with Gasteiger partial charge in [0.15, 0.2) is 0 Å². The van der Waals surface area contributed by atoms with E-state index in [1.807, 2.05) is 42.5 Å². The highest BCUT2D eigenvalue weighted by Gasteiger charge is 2.10. The fraction of sp³-hybridized carbons (Fsp3) is 0. The number of rotatable bonds is 2. The molecule has 1 aromatic heterocycles. The molecule has 0 amide bonds. The Bertz CT molecular complexity index is 769. The fourth-order valence-electron chi connectivity index (χ4n) is 1.86. The first-order valence-corrected chi connectivity index (χ1v) is 7.09. The number of halogens is 1. The number of aromatic nitrogens is 2. The molecule has 104 valence electrons. The maximum Gasteiger partial charge on any atom is 0.424 e. The molecule has 0 N–H and O–H groups in total. The largest absolute Gasteiger partial charge is 0.424 e. The van der Waals surface area contributed by atoms with E-state index in [1.165, 1.54) is 10.9 Å². The van der Waals surface area contributed by atoms with Crippen LogP contribution in [0, 0.1) is 0 Å². The number of benzene rings is 2. The normalized spacial score (nSPS) is 10.3. The van der Waals surface area contributed by atoms with Crippen LogP contribution in [0.2, 0.25) is 0 Å². The van der Waals surface area contributed by atoms with Crippen LogP contribution < -0.4 is 4.74 Å². The van der Waals surface area contributed by atoms with E-state index in [4.69, 9.17) is 4.74 Å². The molecule has 0 radical (unpaired) electrons. The van der Waals surface area contributed by atoms with Crippen LogP contribution in [0.3, 0.4) is 0 Å². The van der Waals surface area contributed by atoms with E-state index in [9.17, 15) is 4.79 Å². The Hall–Kier alpha value is -2.40. The van der Waals surface area contributed by atoms with Gasteiger partial charge >= 0.3 is 6.09 Å². The van der Waals surface area contributed by atoms with Gasteiger partial charge in [0.05, 0.1) is 5.69 Å². The molecule has 1 heterocycles. The summed E-state index contributed by atoms with van der Waals surface area (Å²) in [6, 6.07) is 16.7. The van der Waals surface area contributed by atoms with Crippen molar-refractivity contribution in [3.63, 3.8) is 0 Å². The van der Waals surface area contributed by atoms with Crippen LogP contribution in [0.25, 0.3) is 11.3 Å². The number of hydrogen-bond acceptors (Lipinski definition) is 3. The number of hydrogen-bond donors (Lipinski definition) is 0. The number of carbonyl (C=O) groups excluding carboxylic acids is 1. The second kappa shape index (κ2) is 5.93. The zero-order chi connectivity index (χ0) is 14.7. The molecule has 0 unspecified atom stereocenters. The zero-order valence-corrected chi connectivity index (χ0v) is 12.5. The smallest absolute Gasteiger partial charge is 0.410 e. The predicted octanol–water partition coefficient (Wildman–Crippen LogP) is 4.36. The lowest BCUT2D eigenvalue weighted by Crippen LogP contribution is -2.14. The highest BCUT2D eigenvalue weighted by molar-refractivity contribution is 9.10. The topological polar surface area (TPSA) is 44.1 Å². The van der Waals surface area contributed by atoms with E-state index in [-0.39, 0.29) is 0 Å². The van der Waals surface area contributed by atoms with Gasteiger partial charge < -0.3 is 4.74 Å². The van der Waals surface area contributed by atoms with Gasteiger partial charge in [-0.05, 0) is 24.3 Å². The number of ether oxygens (including phenoxy) is 1.